The number of carbonyl (C=O) groups is 3. The van der Waals surface area contributed by atoms with E-state index in [1.54, 1.807) is 17.1 Å². The first-order chi connectivity index (χ1) is 19.4. The summed E-state index contributed by atoms with van der Waals surface area (Å²) in [5.74, 6) is -2.17. The summed E-state index contributed by atoms with van der Waals surface area (Å²) in [5, 5.41) is 17.5. The number of fused-ring (bicyclic) bond motifs is 12. The molecular formula is C30H36N4O5S. The van der Waals surface area contributed by atoms with Crippen molar-refractivity contribution in [1.82, 2.24) is 15.8 Å². The van der Waals surface area contributed by atoms with E-state index in [2.05, 4.69) is 27.8 Å². The first-order valence-electron chi connectivity index (χ1n) is 13.6. The average Bonchev–Trinajstić information content (AvgIpc) is 3.47. The smallest absolute Gasteiger partial charge is 0.249 e. The van der Waals surface area contributed by atoms with E-state index in [4.69, 9.17) is 4.74 Å². The number of hydrogen-bond donors (Lipinski definition) is 4. The van der Waals surface area contributed by atoms with E-state index in [0.29, 0.717) is 49.6 Å². The molecule has 212 valence electrons. The van der Waals surface area contributed by atoms with Gasteiger partial charge >= 0.3 is 0 Å². The lowest BCUT2D eigenvalue weighted by molar-refractivity contribution is -0.141. The van der Waals surface area contributed by atoms with Gasteiger partial charge in [-0.25, -0.2) is 10.5 Å². The second-order valence-corrected chi connectivity index (χ2v) is 11.0. The van der Waals surface area contributed by atoms with E-state index >= 15 is 0 Å². The topological polar surface area (TPSA) is 130 Å². The number of nitrogens with zero attached hydrogens (tertiary/aromatic N) is 1. The van der Waals surface area contributed by atoms with Crippen LogP contribution in [-0.4, -0.2) is 40.6 Å². The van der Waals surface area contributed by atoms with Crippen LogP contribution in [0.15, 0.2) is 60.1 Å². The first-order valence-corrected chi connectivity index (χ1v) is 14.5. The van der Waals surface area contributed by atoms with Crippen molar-refractivity contribution in [3.63, 3.8) is 0 Å². The lowest BCUT2D eigenvalue weighted by Gasteiger charge is -2.27. The minimum Gasteiger partial charge on any atom is -0.494 e. The number of thiazole rings is 1. The van der Waals surface area contributed by atoms with Crippen LogP contribution in [0.1, 0.15) is 48.8 Å². The fourth-order valence-electron chi connectivity index (χ4n) is 4.97. The van der Waals surface area contributed by atoms with Crippen molar-refractivity contribution in [2.75, 3.05) is 11.9 Å². The van der Waals surface area contributed by atoms with Crippen LogP contribution >= 0.6 is 11.3 Å². The highest BCUT2D eigenvalue weighted by Gasteiger charge is 2.35. The van der Waals surface area contributed by atoms with Gasteiger partial charge in [0.05, 0.1) is 12.5 Å². The Labute approximate surface area is 238 Å². The molecule has 0 aliphatic carbocycles. The maximum Gasteiger partial charge on any atom is 0.249 e. The highest BCUT2D eigenvalue weighted by atomic mass is 32.1. The van der Waals surface area contributed by atoms with E-state index in [9.17, 15) is 19.6 Å². The third-order valence-corrected chi connectivity index (χ3v) is 7.90. The normalized spacial score (nSPS) is 19.9. The highest BCUT2D eigenvalue weighted by Crippen LogP contribution is 2.27. The fourth-order valence-corrected chi connectivity index (χ4v) is 5.51. The molecule has 1 aromatic heterocycles. The van der Waals surface area contributed by atoms with Crippen LogP contribution in [0, 0.1) is 18.8 Å². The summed E-state index contributed by atoms with van der Waals surface area (Å²) in [5.41, 5.74) is 4.93. The second kappa shape index (κ2) is 14.6. The quantitative estimate of drug-likeness (QED) is 0.248. The largest absolute Gasteiger partial charge is 0.494 e. The molecule has 5 rings (SSSR count). The molecule has 40 heavy (non-hydrogen) atoms. The molecule has 2 aliphatic rings. The summed E-state index contributed by atoms with van der Waals surface area (Å²) in [6, 6.07) is 14.8. The maximum absolute atomic E-state index is 13.9. The summed E-state index contributed by atoms with van der Waals surface area (Å²) in [4.78, 5) is 44.1. The third-order valence-electron chi connectivity index (χ3n) is 7.21. The van der Waals surface area contributed by atoms with Gasteiger partial charge in [-0.15, -0.1) is 11.3 Å². The fraction of sp³-hybridized carbons (Fsp3) is 0.400. The summed E-state index contributed by atoms with van der Waals surface area (Å²) in [6.07, 6.45) is 5.38. The number of hydroxylamine groups is 1. The standard InChI is InChI=1S/C30H36N4O5S/c1-20-8-10-21(11-9-20)5-4-7-24-25(28(36)34-38)6-2-3-17-39-23-14-12-22(13-15-23)19-26(32-27(24)35)29(37)33-30-31-16-18-40-30/h8-16,18,24-26,38H,2-7,17,19H2,1H3,(H,32,35)(H,34,36)(H,31,33,37)/t24-,25+,26+/m1/s1. The molecule has 3 amide bonds. The van der Waals surface area contributed by atoms with E-state index in [-0.39, 0.29) is 12.3 Å². The first kappa shape index (κ1) is 29.2. The number of ether oxygens (including phenoxy) is 1. The molecular weight excluding hydrogens is 528 g/mol. The van der Waals surface area contributed by atoms with Crippen LogP contribution in [0.4, 0.5) is 5.13 Å². The predicted octanol–water partition coefficient (Wildman–Crippen LogP) is 4.44. The highest BCUT2D eigenvalue weighted by molar-refractivity contribution is 7.13. The number of nitrogens with one attached hydrogen (secondary N) is 3. The minimum absolute atomic E-state index is 0.246. The van der Waals surface area contributed by atoms with Crippen molar-refractivity contribution in [1.29, 1.82) is 0 Å². The molecule has 4 N–H and O–H groups in total. The number of rotatable bonds is 7. The Morgan fingerprint density at radius 3 is 2.58 bits per heavy atom. The number of carbonyl (C=O) groups excluding carboxylic acids is 3. The van der Waals surface area contributed by atoms with E-state index in [1.807, 2.05) is 43.3 Å². The molecule has 3 heterocycles. The van der Waals surface area contributed by atoms with Gasteiger partial charge < -0.3 is 15.4 Å². The Morgan fingerprint density at radius 2 is 1.88 bits per heavy atom. The van der Waals surface area contributed by atoms with Gasteiger partial charge in [0.1, 0.15) is 11.8 Å². The van der Waals surface area contributed by atoms with Crippen LogP contribution in [0.5, 0.6) is 5.75 Å². The van der Waals surface area contributed by atoms with Gasteiger partial charge in [-0.2, -0.15) is 0 Å². The van der Waals surface area contributed by atoms with Crippen LogP contribution in [0.3, 0.4) is 0 Å². The zero-order valence-electron chi connectivity index (χ0n) is 22.6. The summed E-state index contributed by atoms with van der Waals surface area (Å²) < 4.78 is 5.85. The maximum atomic E-state index is 13.9. The molecule has 2 aromatic carbocycles. The molecule has 0 saturated carbocycles. The summed E-state index contributed by atoms with van der Waals surface area (Å²) >= 11 is 1.29. The molecule has 9 nitrogen and oxygen atoms in total. The van der Waals surface area contributed by atoms with Crippen molar-refractivity contribution >= 4 is 34.2 Å². The molecule has 0 fully saturated rings. The summed E-state index contributed by atoms with van der Waals surface area (Å²) in [7, 11) is 0. The Kier molecular flexibility index (Phi) is 10.7. The molecule has 3 aromatic rings. The summed E-state index contributed by atoms with van der Waals surface area (Å²) in [6.45, 7) is 2.50. The van der Waals surface area contributed by atoms with Crippen LogP contribution in [-0.2, 0) is 27.2 Å². The zero-order valence-corrected chi connectivity index (χ0v) is 23.4. The number of aromatic nitrogens is 1. The van der Waals surface area contributed by atoms with Crippen molar-refractivity contribution in [2.45, 2.75) is 57.9 Å². The molecule has 0 spiro atoms. The molecule has 0 saturated heterocycles. The number of aryl methyl sites for hydroxylation is 2. The number of benzene rings is 2. The number of anilines is 1. The molecule has 2 bridgehead atoms. The number of hydrogen-bond acceptors (Lipinski definition) is 7. The molecule has 2 aliphatic heterocycles. The average molecular weight is 565 g/mol. The molecule has 0 radical (unpaired) electrons. The van der Waals surface area contributed by atoms with Crippen LogP contribution < -0.4 is 20.9 Å². The minimum atomic E-state index is -0.897. The van der Waals surface area contributed by atoms with Crippen molar-refractivity contribution in [3.8, 4) is 5.75 Å². The van der Waals surface area contributed by atoms with Crippen molar-refractivity contribution < 1.29 is 24.3 Å². The van der Waals surface area contributed by atoms with Crippen molar-refractivity contribution in [2.24, 2.45) is 11.8 Å². The number of amides is 3. The van der Waals surface area contributed by atoms with Gasteiger partial charge in [-0.1, -0.05) is 42.0 Å². The Hall–Kier alpha value is -3.76. The van der Waals surface area contributed by atoms with E-state index in [0.717, 1.165) is 17.5 Å². The zero-order chi connectivity index (χ0) is 28.3. The van der Waals surface area contributed by atoms with Gasteiger partial charge in [-0.3, -0.25) is 19.6 Å². The molecule has 0 unspecified atom stereocenters. The van der Waals surface area contributed by atoms with Gasteiger partial charge in [-0.05, 0) is 68.7 Å². The molecule has 10 heteroatoms. The Bertz CT molecular complexity index is 1250. The van der Waals surface area contributed by atoms with Gasteiger partial charge in [0.2, 0.25) is 17.7 Å². The van der Waals surface area contributed by atoms with Crippen molar-refractivity contribution in [3.05, 3.63) is 76.8 Å². The lowest BCUT2D eigenvalue weighted by atomic mass is 9.82. The SMILES string of the molecule is Cc1ccc(CCC[C@H]2C(=O)N[C@H](C(=O)Nc3nccs3)Cc3ccc(cc3)OCCCC[C@@H]2C(=O)NO)cc1. The Morgan fingerprint density at radius 1 is 1.10 bits per heavy atom. The third kappa shape index (κ3) is 8.37. The van der Waals surface area contributed by atoms with E-state index in [1.165, 1.54) is 16.9 Å². The second-order valence-electron chi connectivity index (χ2n) is 10.1. The van der Waals surface area contributed by atoms with Crippen LogP contribution in [0.25, 0.3) is 0 Å². The predicted molar refractivity (Wildman–Crippen MR) is 153 cm³/mol. The van der Waals surface area contributed by atoms with E-state index < -0.39 is 29.7 Å². The van der Waals surface area contributed by atoms with Gasteiger partial charge in [0, 0.05) is 23.9 Å². The van der Waals surface area contributed by atoms with Gasteiger partial charge in [0.25, 0.3) is 0 Å². The monoisotopic (exact) mass is 564 g/mol. The van der Waals surface area contributed by atoms with Crippen LogP contribution in [0.2, 0.25) is 0 Å². The Balaban J connectivity index is 1.58. The lowest BCUT2D eigenvalue weighted by Crippen LogP contribution is -2.50. The molecule has 3 atom stereocenters. The van der Waals surface area contributed by atoms with Gasteiger partial charge in [0.15, 0.2) is 5.13 Å².